The smallest absolute Gasteiger partial charge is 0.261 e. The fourth-order valence-corrected chi connectivity index (χ4v) is 5.72. The zero-order chi connectivity index (χ0) is 16.6. The average molecular weight is 376 g/mol. The Labute approximate surface area is 128 Å². The molecule has 0 amide bonds. The molecule has 0 unspecified atom stereocenters. The van der Waals surface area contributed by atoms with Crippen LogP contribution in [0, 0.1) is 13.8 Å². The normalized spacial score (nSPS) is 13.1. The summed E-state index contributed by atoms with van der Waals surface area (Å²) in [7, 11) is -6.54. The van der Waals surface area contributed by atoms with Gasteiger partial charge in [-0.05, 0) is 37.1 Å². The van der Waals surface area contributed by atoms with Crippen molar-refractivity contribution in [3.05, 3.63) is 23.3 Å². The van der Waals surface area contributed by atoms with Gasteiger partial charge in [-0.3, -0.25) is 4.72 Å². The van der Waals surface area contributed by atoms with Crippen LogP contribution in [0.1, 0.15) is 11.1 Å². The molecule has 0 spiro atoms. The maximum Gasteiger partial charge on any atom is 0.261 e. The lowest BCUT2D eigenvalue weighted by Gasteiger charge is -2.14. The van der Waals surface area contributed by atoms with E-state index in [0.29, 0.717) is 11.1 Å². The van der Waals surface area contributed by atoms with E-state index in [9.17, 15) is 25.3 Å². The predicted molar refractivity (Wildman–Crippen MR) is 81.2 cm³/mol. The van der Waals surface area contributed by atoms with Crippen molar-refractivity contribution in [2.75, 3.05) is 16.1 Å². The summed E-state index contributed by atoms with van der Waals surface area (Å²) in [4.78, 5) is -0.162. The number of hydrogen-bond donors (Lipinski definition) is 1. The third-order valence-corrected chi connectivity index (χ3v) is 7.22. The Hall–Kier alpha value is -0.840. The zero-order valence-electron chi connectivity index (χ0n) is 11.4. The van der Waals surface area contributed by atoms with Crippen LogP contribution in [-0.4, -0.2) is 36.6 Å². The minimum Gasteiger partial charge on any atom is -0.282 e. The highest BCUT2D eigenvalue weighted by atomic mass is 35.7. The second kappa shape index (κ2) is 5.75. The van der Waals surface area contributed by atoms with Crippen molar-refractivity contribution >= 4 is 45.3 Å². The Morgan fingerprint density at radius 2 is 1.43 bits per heavy atom. The van der Waals surface area contributed by atoms with Gasteiger partial charge in [-0.15, -0.1) is 0 Å². The molecule has 120 valence electrons. The van der Waals surface area contributed by atoms with E-state index in [1.165, 1.54) is 26.0 Å². The molecule has 0 aliphatic heterocycles. The number of sulfone groups is 1. The van der Waals surface area contributed by atoms with Gasteiger partial charge in [0.1, 0.15) is 0 Å². The summed E-state index contributed by atoms with van der Waals surface area (Å²) in [5.74, 6) is 0. The molecule has 0 saturated heterocycles. The molecule has 0 radical (unpaired) electrons. The fraction of sp³-hybridized carbons (Fsp3) is 0.400. The molecular formula is C10H14ClNO6S3. The highest BCUT2D eigenvalue weighted by Crippen LogP contribution is 2.27. The molecule has 0 saturated carbocycles. The van der Waals surface area contributed by atoms with Gasteiger partial charge in [0.25, 0.3) is 9.05 Å². The van der Waals surface area contributed by atoms with Crippen molar-refractivity contribution in [2.24, 2.45) is 0 Å². The van der Waals surface area contributed by atoms with Crippen molar-refractivity contribution in [2.45, 2.75) is 18.7 Å². The summed E-state index contributed by atoms with van der Waals surface area (Å²) < 4.78 is 70.4. The first-order chi connectivity index (χ1) is 9.21. The number of aryl methyl sites for hydroxylation is 2. The van der Waals surface area contributed by atoms with E-state index in [1.807, 2.05) is 0 Å². The van der Waals surface area contributed by atoms with Crippen molar-refractivity contribution in [3.63, 3.8) is 0 Å². The van der Waals surface area contributed by atoms with Gasteiger partial charge in [0, 0.05) is 16.9 Å². The van der Waals surface area contributed by atoms with Crippen LogP contribution in [0.5, 0.6) is 0 Å². The Morgan fingerprint density at radius 1 is 1.00 bits per heavy atom. The van der Waals surface area contributed by atoms with Gasteiger partial charge in [-0.2, -0.15) is 0 Å². The molecule has 1 aromatic rings. The summed E-state index contributed by atoms with van der Waals surface area (Å²) in [6, 6.07) is 2.40. The van der Waals surface area contributed by atoms with E-state index in [1.54, 1.807) is 0 Å². The lowest BCUT2D eigenvalue weighted by atomic mass is 10.1. The number of halogens is 1. The third kappa shape index (κ3) is 5.46. The van der Waals surface area contributed by atoms with Gasteiger partial charge in [0.15, 0.2) is 14.9 Å². The number of benzene rings is 1. The lowest BCUT2D eigenvalue weighted by Crippen LogP contribution is -2.23. The third-order valence-electron chi connectivity index (χ3n) is 2.41. The molecule has 1 N–H and O–H groups in total. The molecule has 0 heterocycles. The summed E-state index contributed by atoms with van der Waals surface area (Å²) in [6.07, 6.45) is 0.801. The van der Waals surface area contributed by atoms with E-state index in [0.717, 1.165) is 6.26 Å². The van der Waals surface area contributed by atoms with Crippen LogP contribution >= 0.6 is 10.7 Å². The second-order valence-corrected chi connectivity index (χ2v) is 11.4. The van der Waals surface area contributed by atoms with Crippen LogP contribution < -0.4 is 4.72 Å². The van der Waals surface area contributed by atoms with Gasteiger partial charge in [-0.25, -0.2) is 25.3 Å². The number of sulfonamides is 1. The first-order valence-corrected chi connectivity index (χ1v) is 11.5. The molecule has 1 rings (SSSR count). The molecule has 0 fully saturated rings. The fourth-order valence-electron chi connectivity index (χ4n) is 1.69. The Kier molecular flexibility index (Phi) is 4.98. The first kappa shape index (κ1) is 18.2. The topological polar surface area (TPSA) is 114 Å². The largest absolute Gasteiger partial charge is 0.282 e. The highest BCUT2D eigenvalue weighted by molar-refractivity contribution is 8.13. The van der Waals surface area contributed by atoms with E-state index < -0.39 is 34.0 Å². The average Bonchev–Trinajstić information content (AvgIpc) is 2.18. The number of anilines is 1. The van der Waals surface area contributed by atoms with Crippen LogP contribution in [0.25, 0.3) is 0 Å². The SMILES string of the molecule is Cc1cc(S(=O)(=O)Cl)cc(C)c1NS(=O)(=O)CS(C)(=O)=O. The summed E-state index contributed by atoms with van der Waals surface area (Å²) in [5, 5.41) is -1.06. The number of hydrogen-bond acceptors (Lipinski definition) is 6. The molecule has 11 heteroatoms. The minimum atomic E-state index is -4.11. The minimum absolute atomic E-state index is 0.128. The Balaban J connectivity index is 3.29. The Bertz CT molecular complexity index is 848. The molecule has 1 aromatic carbocycles. The van der Waals surface area contributed by atoms with E-state index in [-0.39, 0.29) is 10.6 Å². The monoisotopic (exact) mass is 375 g/mol. The molecule has 0 atom stereocenters. The van der Waals surface area contributed by atoms with Crippen molar-refractivity contribution in [3.8, 4) is 0 Å². The van der Waals surface area contributed by atoms with Crippen molar-refractivity contribution in [1.82, 2.24) is 0 Å². The molecular weight excluding hydrogens is 362 g/mol. The zero-order valence-corrected chi connectivity index (χ0v) is 14.6. The van der Waals surface area contributed by atoms with Gasteiger partial charge in [-0.1, -0.05) is 0 Å². The summed E-state index contributed by atoms with van der Waals surface area (Å²) in [6.45, 7) is 2.97. The van der Waals surface area contributed by atoms with E-state index in [2.05, 4.69) is 4.72 Å². The second-order valence-electron chi connectivity index (χ2n) is 4.63. The first-order valence-electron chi connectivity index (χ1n) is 5.45. The maximum atomic E-state index is 11.8. The number of rotatable bonds is 5. The molecule has 21 heavy (non-hydrogen) atoms. The lowest BCUT2D eigenvalue weighted by molar-refractivity contribution is 0.594. The van der Waals surface area contributed by atoms with E-state index in [4.69, 9.17) is 10.7 Å². The summed E-state index contributed by atoms with van der Waals surface area (Å²) in [5.41, 5.74) is 0.750. The van der Waals surface area contributed by atoms with Crippen LogP contribution in [0.2, 0.25) is 0 Å². The van der Waals surface area contributed by atoms with Crippen molar-refractivity contribution in [1.29, 1.82) is 0 Å². The Morgan fingerprint density at radius 3 is 1.76 bits per heavy atom. The highest BCUT2D eigenvalue weighted by Gasteiger charge is 2.21. The van der Waals surface area contributed by atoms with Gasteiger partial charge >= 0.3 is 0 Å². The van der Waals surface area contributed by atoms with Gasteiger partial charge < -0.3 is 0 Å². The van der Waals surface area contributed by atoms with Crippen LogP contribution in [0.4, 0.5) is 5.69 Å². The predicted octanol–water partition coefficient (Wildman–Crippen LogP) is 0.975. The standard InChI is InChI=1S/C10H14ClNO6S3/c1-7-4-9(21(11,17)18)5-8(2)10(7)12-20(15,16)6-19(3,13)14/h4-5,12H,6H2,1-3H3. The van der Waals surface area contributed by atoms with E-state index >= 15 is 0 Å². The molecule has 7 nitrogen and oxygen atoms in total. The van der Waals surface area contributed by atoms with Gasteiger partial charge in [0.05, 0.1) is 10.6 Å². The van der Waals surface area contributed by atoms with Crippen molar-refractivity contribution < 1.29 is 25.3 Å². The molecule has 0 aliphatic carbocycles. The number of nitrogens with one attached hydrogen (secondary N) is 1. The molecule has 0 bridgehead atoms. The molecule has 0 aliphatic rings. The van der Waals surface area contributed by atoms with Gasteiger partial charge in [0.2, 0.25) is 10.0 Å². The quantitative estimate of drug-likeness (QED) is 0.767. The van der Waals surface area contributed by atoms with Crippen LogP contribution in [0.3, 0.4) is 0 Å². The summed E-state index contributed by atoms with van der Waals surface area (Å²) >= 11 is 0. The van der Waals surface area contributed by atoms with Crippen LogP contribution in [0.15, 0.2) is 17.0 Å². The molecule has 0 aromatic heterocycles. The maximum absolute atomic E-state index is 11.8. The van der Waals surface area contributed by atoms with Crippen LogP contribution in [-0.2, 0) is 28.9 Å².